The van der Waals surface area contributed by atoms with Crippen molar-refractivity contribution in [1.29, 1.82) is 0 Å². The summed E-state index contributed by atoms with van der Waals surface area (Å²) in [5.41, 5.74) is 3.62. The van der Waals surface area contributed by atoms with Gasteiger partial charge >= 0.3 is 0 Å². The van der Waals surface area contributed by atoms with Gasteiger partial charge in [-0.05, 0) is 44.2 Å². The molecule has 3 aromatic rings. The van der Waals surface area contributed by atoms with Gasteiger partial charge in [-0.1, -0.05) is 18.2 Å². The number of rotatable bonds is 6. The summed E-state index contributed by atoms with van der Waals surface area (Å²) in [5.74, 6) is 1.33. The molecule has 1 amide bonds. The molecule has 0 unspecified atom stereocenters. The van der Waals surface area contributed by atoms with Crippen LogP contribution in [-0.2, 0) is 6.54 Å². The first-order valence-electron chi connectivity index (χ1n) is 11.3. The van der Waals surface area contributed by atoms with Crippen LogP contribution in [-0.4, -0.2) is 66.1 Å². The van der Waals surface area contributed by atoms with Gasteiger partial charge in [0.2, 0.25) is 5.88 Å². The fourth-order valence-electron chi connectivity index (χ4n) is 4.69. The normalized spacial score (nSPS) is 14.9. The van der Waals surface area contributed by atoms with Gasteiger partial charge < -0.3 is 14.4 Å². The van der Waals surface area contributed by atoms with Crippen LogP contribution >= 0.6 is 0 Å². The lowest BCUT2D eigenvalue weighted by atomic mass is 10.0. The third-order valence-corrected chi connectivity index (χ3v) is 6.67. The summed E-state index contributed by atoms with van der Waals surface area (Å²) < 4.78 is 11.0. The number of likely N-dealkylation sites (tertiary alicyclic amines) is 1. The van der Waals surface area contributed by atoms with Crippen LogP contribution in [0, 0.1) is 13.8 Å². The molecular weight excluding hydrogens is 416 g/mol. The van der Waals surface area contributed by atoms with E-state index in [0.29, 0.717) is 11.6 Å². The highest BCUT2D eigenvalue weighted by Crippen LogP contribution is 2.27. The van der Waals surface area contributed by atoms with Gasteiger partial charge in [0.15, 0.2) is 0 Å². The van der Waals surface area contributed by atoms with Gasteiger partial charge in [-0.3, -0.25) is 14.7 Å². The zero-order valence-electron chi connectivity index (χ0n) is 20.1. The summed E-state index contributed by atoms with van der Waals surface area (Å²) in [6.07, 6.45) is 3.70. The minimum Gasteiger partial charge on any atom is -0.496 e. The summed E-state index contributed by atoms with van der Waals surface area (Å²) in [5, 5.41) is 1.86. The molecule has 0 radical (unpaired) electrons. The molecule has 33 heavy (non-hydrogen) atoms. The summed E-state index contributed by atoms with van der Waals surface area (Å²) >= 11 is 0. The standard InChI is InChI=1S/C26H32N4O3/c1-17-15-27-23(18(2)24(17)32-4)16-30-12-10-20(11-13-30)29(3)26(31)22-14-19-8-6-7-9-21(19)25(28-22)33-5/h6-9,14-15,20H,10-13,16H2,1-5H3. The van der Waals surface area contributed by atoms with Crippen molar-refractivity contribution in [1.82, 2.24) is 19.8 Å². The molecule has 0 bridgehead atoms. The number of pyridine rings is 2. The van der Waals surface area contributed by atoms with Crippen molar-refractivity contribution in [2.45, 2.75) is 39.3 Å². The summed E-state index contributed by atoms with van der Waals surface area (Å²) in [6, 6.07) is 9.85. The van der Waals surface area contributed by atoms with Crippen LogP contribution in [0.1, 0.15) is 40.2 Å². The second-order valence-electron chi connectivity index (χ2n) is 8.71. The van der Waals surface area contributed by atoms with Crippen LogP contribution < -0.4 is 9.47 Å². The minimum atomic E-state index is -0.0710. The number of piperidine rings is 1. The number of aryl methyl sites for hydroxylation is 1. The number of carbonyl (C=O) groups excluding carboxylic acids is 1. The fourth-order valence-corrected chi connectivity index (χ4v) is 4.69. The average molecular weight is 449 g/mol. The predicted molar refractivity (Wildman–Crippen MR) is 129 cm³/mol. The largest absolute Gasteiger partial charge is 0.496 e. The summed E-state index contributed by atoms with van der Waals surface area (Å²) in [6.45, 7) is 6.69. The Balaban J connectivity index is 1.42. The molecule has 1 aromatic carbocycles. The molecule has 1 aliphatic rings. The predicted octanol–water partition coefficient (Wildman–Crippen LogP) is 4.00. The lowest BCUT2D eigenvalue weighted by Gasteiger charge is -2.36. The van der Waals surface area contributed by atoms with E-state index in [1.165, 1.54) is 0 Å². The number of hydrogen-bond acceptors (Lipinski definition) is 6. The van der Waals surface area contributed by atoms with Crippen molar-refractivity contribution in [3.05, 3.63) is 59.0 Å². The van der Waals surface area contributed by atoms with E-state index in [9.17, 15) is 4.79 Å². The third kappa shape index (κ3) is 4.64. The Morgan fingerprint density at radius 2 is 1.88 bits per heavy atom. The molecule has 2 aromatic heterocycles. The Labute approximate surface area is 195 Å². The number of ether oxygens (including phenoxy) is 2. The topological polar surface area (TPSA) is 67.8 Å². The van der Waals surface area contributed by atoms with Crippen LogP contribution in [0.3, 0.4) is 0 Å². The molecule has 7 heteroatoms. The monoisotopic (exact) mass is 448 g/mol. The lowest BCUT2D eigenvalue weighted by Crippen LogP contribution is -2.45. The maximum absolute atomic E-state index is 13.2. The molecule has 1 aliphatic heterocycles. The maximum atomic E-state index is 13.2. The van der Waals surface area contributed by atoms with Crippen LogP contribution in [0.2, 0.25) is 0 Å². The number of aromatic nitrogens is 2. The smallest absolute Gasteiger partial charge is 0.272 e. The van der Waals surface area contributed by atoms with E-state index < -0.39 is 0 Å². The zero-order chi connectivity index (χ0) is 23.5. The first-order valence-corrected chi connectivity index (χ1v) is 11.3. The quantitative estimate of drug-likeness (QED) is 0.568. The second kappa shape index (κ2) is 9.75. The van der Waals surface area contributed by atoms with Crippen LogP contribution in [0.15, 0.2) is 36.5 Å². The third-order valence-electron chi connectivity index (χ3n) is 6.67. The number of amides is 1. The maximum Gasteiger partial charge on any atom is 0.272 e. The number of fused-ring (bicyclic) bond motifs is 1. The second-order valence-corrected chi connectivity index (χ2v) is 8.71. The van der Waals surface area contributed by atoms with Crippen molar-refractivity contribution < 1.29 is 14.3 Å². The van der Waals surface area contributed by atoms with Gasteiger partial charge in [0.05, 0.1) is 19.9 Å². The lowest BCUT2D eigenvalue weighted by molar-refractivity contribution is 0.0629. The Hall–Kier alpha value is -3.19. The van der Waals surface area contributed by atoms with Gasteiger partial charge in [-0.25, -0.2) is 4.98 Å². The highest BCUT2D eigenvalue weighted by atomic mass is 16.5. The number of hydrogen-bond donors (Lipinski definition) is 0. The molecule has 0 N–H and O–H groups in total. The van der Waals surface area contributed by atoms with Crippen molar-refractivity contribution in [2.75, 3.05) is 34.4 Å². The molecule has 0 atom stereocenters. The molecule has 174 valence electrons. The molecule has 0 saturated carbocycles. The zero-order valence-corrected chi connectivity index (χ0v) is 20.1. The van der Waals surface area contributed by atoms with E-state index in [1.807, 2.05) is 55.4 Å². The highest BCUT2D eigenvalue weighted by molar-refractivity contribution is 5.98. The van der Waals surface area contributed by atoms with Crippen LogP contribution in [0.5, 0.6) is 11.6 Å². The van der Waals surface area contributed by atoms with Crippen molar-refractivity contribution >= 4 is 16.7 Å². The summed E-state index contributed by atoms with van der Waals surface area (Å²) in [7, 11) is 5.17. The summed E-state index contributed by atoms with van der Waals surface area (Å²) in [4.78, 5) is 26.6. The van der Waals surface area contributed by atoms with E-state index in [0.717, 1.165) is 65.8 Å². The molecule has 7 nitrogen and oxygen atoms in total. The fraction of sp³-hybridized carbons (Fsp3) is 0.423. The SMILES string of the molecule is COc1c(C)cnc(CN2CCC(N(C)C(=O)c3cc4ccccc4c(OC)n3)CC2)c1C. The Kier molecular flexibility index (Phi) is 6.79. The number of benzene rings is 1. The Bertz CT molecular complexity index is 1160. The van der Waals surface area contributed by atoms with Crippen LogP contribution in [0.4, 0.5) is 0 Å². The van der Waals surface area contributed by atoms with Gasteiger partial charge in [-0.15, -0.1) is 0 Å². The Morgan fingerprint density at radius 1 is 1.15 bits per heavy atom. The minimum absolute atomic E-state index is 0.0710. The van der Waals surface area contributed by atoms with Crippen molar-refractivity contribution in [3.8, 4) is 11.6 Å². The molecule has 0 aliphatic carbocycles. The average Bonchev–Trinajstić information content (AvgIpc) is 2.85. The molecule has 1 fully saturated rings. The number of nitrogens with zero attached hydrogens (tertiary/aromatic N) is 4. The van der Waals surface area contributed by atoms with Crippen LogP contribution in [0.25, 0.3) is 10.8 Å². The van der Waals surface area contributed by atoms with E-state index in [2.05, 4.69) is 21.8 Å². The van der Waals surface area contributed by atoms with Gasteiger partial charge in [0.25, 0.3) is 5.91 Å². The van der Waals surface area contributed by atoms with Gasteiger partial charge in [0.1, 0.15) is 11.4 Å². The van der Waals surface area contributed by atoms with Crippen molar-refractivity contribution in [2.24, 2.45) is 0 Å². The molecule has 1 saturated heterocycles. The molecule has 0 spiro atoms. The van der Waals surface area contributed by atoms with Gasteiger partial charge in [-0.2, -0.15) is 0 Å². The Morgan fingerprint density at radius 3 is 2.58 bits per heavy atom. The first kappa shape index (κ1) is 23.0. The van der Waals surface area contributed by atoms with E-state index in [-0.39, 0.29) is 11.9 Å². The molecule has 4 rings (SSSR count). The number of methoxy groups -OCH3 is 2. The van der Waals surface area contributed by atoms with E-state index >= 15 is 0 Å². The van der Waals surface area contributed by atoms with Crippen molar-refractivity contribution in [3.63, 3.8) is 0 Å². The van der Waals surface area contributed by atoms with Gasteiger partial charge in [0, 0.05) is 55.4 Å². The number of carbonyl (C=O) groups is 1. The van der Waals surface area contributed by atoms with E-state index in [1.54, 1.807) is 14.2 Å². The molecule has 3 heterocycles. The van der Waals surface area contributed by atoms with E-state index in [4.69, 9.17) is 9.47 Å². The first-order chi connectivity index (χ1) is 15.9. The highest BCUT2D eigenvalue weighted by Gasteiger charge is 2.28. The molecular formula is C26H32N4O3.